The fraction of sp³-hybridized carbons (Fsp3) is 0.316. The highest BCUT2D eigenvalue weighted by Gasteiger charge is 2.30. The summed E-state index contributed by atoms with van der Waals surface area (Å²) in [4.78, 5) is 54.2. The minimum atomic E-state index is -1.14. The first-order chi connectivity index (χ1) is 14.8. The van der Waals surface area contributed by atoms with Crippen LogP contribution in [0.4, 0.5) is 0 Å². The van der Waals surface area contributed by atoms with Crippen LogP contribution in [0.1, 0.15) is 10.5 Å². The third kappa shape index (κ3) is 5.39. The maximum atomic E-state index is 12.7. The van der Waals surface area contributed by atoms with Crippen molar-refractivity contribution in [3.05, 3.63) is 36.0 Å². The van der Waals surface area contributed by atoms with E-state index in [0.717, 1.165) is 4.90 Å². The topological polar surface area (TPSA) is 149 Å². The third-order valence-electron chi connectivity index (χ3n) is 4.64. The molecule has 10 nitrogen and oxygen atoms in total. The molecule has 2 atom stereocenters. The van der Waals surface area contributed by atoms with Gasteiger partial charge in [0.1, 0.15) is 17.8 Å². The summed E-state index contributed by atoms with van der Waals surface area (Å²) in [5.41, 5.74) is 0.288. The number of carbonyl (C=O) groups is 4. The van der Waals surface area contributed by atoms with Gasteiger partial charge in [0.2, 0.25) is 11.8 Å². The van der Waals surface area contributed by atoms with Crippen LogP contribution >= 0.6 is 21.6 Å². The standard InChI is InChI=1S/C19H20N4O6S2/c1-23-13(19(28)29)9-31-30-8-12(17(26)20-7-15(23)25)22-18(27)16-14(24)6-10-4-2-3-5-11(10)21-16/h2-6,12-13,24H,7-9H2,1H3,(H,20,26)(H,22,27)(H,28,29)/t12-,13+/m1/s1. The summed E-state index contributed by atoms with van der Waals surface area (Å²) in [6, 6.07) is 6.33. The number of hydrogen-bond donors (Lipinski definition) is 4. The van der Waals surface area contributed by atoms with Gasteiger partial charge in [0.25, 0.3) is 5.91 Å². The number of pyridine rings is 1. The summed E-state index contributed by atoms with van der Waals surface area (Å²) in [5, 5.41) is 25.2. The summed E-state index contributed by atoms with van der Waals surface area (Å²) in [6.45, 7) is -0.402. The highest BCUT2D eigenvalue weighted by Crippen LogP contribution is 2.26. The number of aromatic hydroxyl groups is 1. The van der Waals surface area contributed by atoms with E-state index in [0.29, 0.717) is 10.9 Å². The van der Waals surface area contributed by atoms with Crippen LogP contribution in [0.25, 0.3) is 10.9 Å². The monoisotopic (exact) mass is 464 g/mol. The molecule has 1 aliphatic rings. The lowest BCUT2D eigenvalue weighted by molar-refractivity contribution is -0.147. The molecule has 0 bridgehead atoms. The molecule has 3 rings (SSSR count). The lowest BCUT2D eigenvalue weighted by atomic mass is 10.1. The fourth-order valence-corrected chi connectivity index (χ4v) is 5.27. The van der Waals surface area contributed by atoms with Gasteiger partial charge in [0.15, 0.2) is 5.69 Å². The van der Waals surface area contributed by atoms with Crippen molar-refractivity contribution in [2.45, 2.75) is 12.1 Å². The van der Waals surface area contributed by atoms with Crippen molar-refractivity contribution in [1.29, 1.82) is 0 Å². The Morgan fingerprint density at radius 2 is 1.94 bits per heavy atom. The van der Waals surface area contributed by atoms with Crippen molar-refractivity contribution in [2.24, 2.45) is 0 Å². The molecule has 0 unspecified atom stereocenters. The van der Waals surface area contributed by atoms with E-state index in [1.165, 1.54) is 34.7 Å². The summed E-state index contributed by atoms with van der Waals surface area (Å²) < 4.78 is 0. The molecular weight excluding hydrogens is 444 g/mol. The number of aliphatic carboxylic acids is 1. The van der Waals surface area contributed by atoms with Crippen molar-refractivity contribution in [2.75, 3.05) is 25.1 Å². The number of fused-ring (bicyclic) bond motifs is 1. The number of hydrogen-bond acceptors (Lipinski definition) is 8. The molecule has 1 aromatic heterocycles. The summed E-state index contributed by atoms with van der Waals surface area (Å²) in [6.07, 6.45) is 0. The predicted molar refractivity (Wildman–Crippen MR) is 117 cm³/mol. The smallest absolute Gasteiger partial charge is 0.327 e. The quantitative estimate of drug-likeness (QED) is 0.475. The first-order valence-corrected chi connectivity index (χ1v) is 11.7. The Morgan fingerprint density at radius 3 is 2.68 bits per heavy atom. The number of benzene rings is 1. The highest BCUT2D eigenvalue weighted by molar-refractivity contribution is 8.76. The number of carboxylic acid groups (broad SMARTS) is 1. The molecule has 1 fully saturated rings. The van der Waals surface area contributed by atoms with Crippen LogP contribution in [-0.2, 0) is 14.4 Å². The Balaban J connectivity index is 1.76. The Bertz CT molecular complexity index is 1030. The van der Waals surface area contributed by atoms with E-state index in [1.54, 1.807) is 24.3 Å². The number of nitrogens with zero attached hydrogens (tertiary/aromatic N) is 2. The minimum Gasteiger partial charge on any atom is -0.505 e. The van der Waals surface area contributed by atoms with Gasteiger partial charge < -0.3 is 25.7 Å². The zero-order valence-electron chi connectivity index (χ0n) is 16.4. The number of nitrogens with one attached hydrogen (secondary N) is 2. The molecule has 4 N–H and O–H groups in total. The Labute approximate surface area is 185 Å². The van der Waals surface area contributed by atoms with Crippen LogP contribution < -0.4 is 10.6 Å². The van der Waals surface area contributed by atoms with Crippen molar-refractivity contribution < 1.29 is 29.4 Å². The molecule has 0 radical (unpaired) electrons. The van der Waals surface area contributed by atoms with Crippen LogP contribution in [0.15, 0.2) is 30.3 Å². The second-order valence-corrected chi connectivity index (χ2v) is 9.27. The van der Waals surface area contributed by atoms with Crippen LogP contribution in [0.2, 0.25) is 0 Å². The van der Waals surface area contributed by atoms with E-state index < -0.39 is 42.3 Å². The van der Waals surface area contributed by atoms with E-state index in [4.69, 9.17) is 0 Å². The lowest BCUT2D eigenvalue weighted by Gasteiger charge is -2.24. The van der Waals surface area contributed by atoms with Crippen LogP contribution in [-0.4, -0.2) is 81.0 Å². The number of rotatable bonds is 3. The number of likely N-dealkylation sites (N-methyl/N-ethyl adjacent to an activating group) is 1. The molecule has 0 aliphatic carbocycles. The highest BCUT2D eigenvalue weighted by atomic mass is 33.1. The van der Waals surface area contributed by atoms with Gasteiger partial charge >= 0.3 is 5.97 Å². The van der Waals surface area contributed by atoms with E-state index in [1.807, 2.05) is 0 Å². The molecule has 3 amide bonds. The van der Waals surface area contributed by atoms with E-state index in [-0.39, 0.29) is 22.9 Å². The Morgan fingerprint density at radius 1 is 1.23 bits per heavy atom. The SMILES string of the molecule is CN1C(=O)CNC(=O)[C@H](NC(=O)c2nc3ccccc3cc2O)CSSC[C@H]1C(=O)O. The second-order valence-electron chi connectivity index (χ2n) is 6.72. The van der Waals surface area contributed by atoms with Crippen molar-refractivity contribution in [3.63, 3.8) is 0 Å². The first-order valence-electron chi connectivity index (χ1n) is 9.18. The van der Waals surface area contributed by atoms with Gasteiger partial charge in [-0.25, -0.2) is 9.78 Å². The average molecular weight is 465 g/mol. The molecule has 0 spiro atoms. The third-order valence-corrected chi connectivity index (χ3v) is 7.05. The zero-order chi connectivity index (χ0) is 22.5. The molecule has 2 heterocycles. The summed E-state index contributed by atoms with van der Waals surface area (Å²) in [7, 11) is 3.75. The molecule has 31 heavy (non-hydrogen) atoms. The number of aromatic nitrogens is 1. The van der Waals surface area contributed by atoms with Crippen molar-refractivity contribution in [3.8, 4) is 5.75 Å². The molecular formula is C19H20N4O6S2. The number of para-hydroxylation sites is 1. The maximum Gasteiger partial charge on any atom is 0.327 e. The largest absolute Gasteiger partial charge is 0.505 e. The van der Waals surface area contributed by atoms with Crippen molar-refractivity contribution >= 4 is 56.2 Å². The number of carbonyl (C=O) groups excluding carboxylic acids is 3. The van der Waals surface area contributed by atoms with Gasteiger partial charge in [-0.2, -0.15) is 0 Å². The Hall–Kier alpha value is -2.99. The average Bonchev–Trinajstić information content (AvgIpc) is 2.76. The van der Waals surface area contributed by atoms with Crippen molar-refractivity contribution in [1.82, 2.24) is 20.5 Å². The molecule has 1 saturated heterocycles. The summed E-state index contributed by atoms with van der Waals surface area (Å²) in [5.74, 6) is -3.13. The van der Waals surface area contributed by atoms with Gasteiger partial charge in [-0.05, 0) is 12.1 Å². The summed E-state index contributed by atoms with van der Waals surface area (Å²) >= 11 is 0. The number of carboxylic acids is 1. The second kappa shape index (κ2) is 9.88. The van der Waals surface area contributed by atoms with E-state index >= 15 is 0 Å². The van der Waals surface area contributed by atoms with Gasteiger partial charge in [-0.3, -0.25) is 14.4 Å². The number of amides is 3. The molecule has 12 heteroatoms. The maximum absolute atomic E-state index is 12.7. The minimum absolute atomic E-state index is 0.115. The predicted octanol–water partition coefficient (Wildman–Crippen LogP) is 0.462. The molecule has 0 saturated carbocycles. The van der Waals surface area contributed by atoms with Crippen LogP contribution in [0, 0.1) is 0 Å². The molecule has 1 aliphatic heterocycles. The fourth-order valence-electron chi connectivity index (χ4n) is 2.84. The van der Waals surface area contributed by atoms with Gasteiger partial charge in [-0.15, -0.1) is 0 Å². The lowest BCUT2D eigenvalue weighted by Crippen LogP contribution is -2.51. The Kier molecular flexibility index (Phi) is 7.23. The van der Waals surface area contributed by atoms with Crippen LogP contribution in [0.5, 0.6) is 5.75 Å². The van der Waals surface area contributed by atoms with Gasteiger partial charge in [0.05, 0.1) is 12.1 Å². The molecule has 164 valence electrons. The normalized spacial score (nSPS) is 20.6. The van der Waals surface area contributed by atoms with E-state index in [9.17, 15) is 29.4 Å². The first kappa shape index (κ1) is 22.7. The zero-order valence-corrected chi connectivity index (χ0v) is 18.0. The van der Waals surface area contributed by atoms with Crippen LogP contribution in [0.3, 0.4) is 0 Å². The molecule has 1 aromatic carbocycles. The van der Waals surface area contributed by atoms with E-state index in [2.05, 4.69) is 15.6 Å². The van der Waals surface area contributed by atoms with Gasteiger partial charge in [0, 0.05) is 23.9 Å². The molecule has 2 aromatic rings. The van der Waals surface area contributed by atoms with Gasteiger partial charge in [-0.1, -0.05) is 39.8 Å².